The topological polar surface area (TPSA) is 27.7 Å². The zero-order chi connectivity index (χ0) is 17.3. The van der Waals surface area contributed by atoms with Gasteiger partial charge in [-0.3, -0.25) is 0 Å². The van der Waals surface area contributed by atoms with Crippen molar-refractivity contribution in [2.75, 3.05) is 13.2 Å². The van der Waals surface area contributed by atoms with Gasteiger partial charge < -0.3 is 14.2 Å². The van der Waals surface area contributed by atoms with Crippen LogP contribution in [0.1, 0.15) is 64.9 Å². The minimum Gasteiger partial charge on any atom is -0.377 e. The summed E-state index contributed by atoms with van der Waals surface area (Å²) in [4.78, 5) is 0. The second kappa shape index (κ2) is 10.2. The van der Waals surface area contributed by atoms with Crippen LogP contribution < -0.4 is 0 Å². The van der Waals surface area contributed by atoms with Gasteiger partial charge in [0.1, 0.15) is 0 Å². The summed E-state index contributed by atoms with van der Waals surface area (Å²) in [6.07, 6.45) is 7.57. The van der Waals surface area contributed by atoms with Crippen molar-refractivity contribution < 1.29 is 14.2 Å². The maximum absolute atomic E-state index is 6.19. The van der Waals surface area contributed by atoms with E-state index in [-0.39, 0.29) is 6.10 Å². The van der Waals surface area contributed by atoms with E-state index in [2.05, 4.69) is 31.2 Å². The van der Waals surface area contributed by atoms with Crippen molar-refractivity contribution in [3.8, 4) is 0 Å². The third-order valence-electron chi connectivity index (χ3n) is 4.69. The van der Waals surface area contributed by atoms with Gasteiger partial charge in [-0.05, 0) is 32.3 Å². The van der Waals surface area contributed by atoms with Gasteiger partial charge in [0.2, 0.25) is 0 Å². The van der Waals surface area contributed by atoms with Crippen LogP contribution in [0.15, 0.2) is 30.3 Å². The monoisotopic (exact) mass is 334 g/mol. The van der Waals surface area contributed by atoms with Crippen LogP contribution in [0, 0.1) is 5.92 Å². The first-order valence-electron chi connectivity index (χ1n) is 9.54. The lowest BCUT2D eigenvalue weighted by Crippen LogP contribution is -2.46. The molecule has 0 spiro atoms. The summed E-state index contributed by atoms with van der Waals surface area (Å²) < 4.78 is 17.9. The summed E-state index contributed by atoms with van der Waals surface area (Å²) >= 11 is 0. The molecule has 1 aliphatic rings. The number of hydrogen-bond acceptors (Lipinski definition) is 3. The number of benzene rings is 1. The molecule has 0 aliphatic carbocycles. The van der Waals surface area contributed by atoms with Crippen LogP contribution in [-0.2, 0) is 20.8 Å². The Labute approximate surface area is 147 Å². The first kappa shape index (κ1) is 19.4. The number of ether oxygens (including phenoxy) is 3. The van der Waals surface area contributed by atoms with Gasteiger partial charge >= 0.3 is 0 Å². The van der Waals surface area contributed by atoms with Crippen LogP contribution in [-0.4, -0.2) is 25.1 Å². The summed E-state index contributed by atoms with van der Waals surface area (Å²) in [5.74, 6) is 0.0273. The molecule has 2 atom stereocenters. The third kappa shape index (κ3) is 6.92. The Bertz CT molecular complexity index is 444. The molecule has 0 N–H and O–H groups in total. The number of unbranched alkanes of at least 4 members (excludes halogenated alkanes) is 3. The highest BCUT2D eigenvalue weighted by Crippen LogP contribution is 2.31. The van der Waals surface area contributed by atoms with Crippen molar-refractivity contribution in [2.45, 2.75) is 77.8 Å². The Hall–Kier alpha value is -0.900. The van der Waals surface area contributed by atoms with Crippen LogP contribution >= 0.6 is 0 Å². The molecule has 1 fully saturated rings. The SMILES string of the molecule is CCCCCC[C@@H]1COC(C)(C)O[C@H]1CCOCc1ccccc1. The maximum Gasteiger partial charge on any atom is 0.163 e. The highest BCUT2D eigenvalue weighted by molar-refractivity contribution is 5.13. The molecule has 0 radical (unpaired) electrons. The second-order valence-corrected chi connectivity index (χ2v) is 7.30. The molecule has 1 aromatic rings. The summed E-state index contributed by atoms with van der Waals surface area (Å²) in [6, 6.07) is 10.3. The normalized spacial score (nSPS) is 23.3. The van der Waals surface area contributed by atoms with E-state index in [9.17, 15) is 0 Å². The molecule has 1 saturated heterocycles. The minimum absolute atomic E-state index is 0.242. The predicted molar refractivity (Wildman–Crippen MR) is 97.9 cm³/mol. The summed E-state index contributed by atoms with van der Waals surface area (Å²) in [6.45, 7) is 8.50. The van der Waals surface area contributed by atoms with Gasteiger partial charge in [0.15, 0.2) is 5.79 Å². The number of rotatable bonds is 10. The fraction of sp³-hybridized carbons (Fsp3) is 0.714. The fourth-order valence-corrected chi connectivity index (χ4v) is 3.27. The Morgan fingerprint density at radius 1 is 1.08 bits per heavy atom. The third-order valence-corrected chi connectivity index (χ3v) is 4.69. The smallest absolute Gasteiger partial charge is 0.163 e. The minimum atomic E-state index is -0.468. The van der Waals surface area contributed by atoms with Crippen molar-refractivity contribution in [3.05, 3.63) is 35.9 Å². The molecule has 0 bridgehead atoms. The van der Waals surface area contributed by atoms with Gasteiger partial charge in [0.25, 0.3) is 0 Å². The lowest BCUT2D eigenvalue weighted by molar-refractivity contribution is -0.296. The zero-order valence-corrected chi connectivity index (χ0v) is 15.6. The van der Waals surface area contributed by atoms with E-state index in [0.29, 0.717) is 12.5 Å². The van der Waals surface area contributed by atoms with Crippen molar-refractivity contribution in [3.63, 3.8) is 0 Å². The van der Waals surface area contributed by atoms with Crippen molar-refractivity contribution in [2.24, 2.45) is 5.92 Å². The molecule has 3 nitrogen and oxygen atoms in total. The van der Waals surface area contributed by atoms with Gasteiger partial charge in [-0.25, -0.2) is 0 Å². The quantitative estimate of drug-likeness (QED) is 0.541. The van der Waals surface area contributed by atoms with Gasteiger partial charge in [0, 0.05) is 12.5 Å². The van der Waals surface area contributed by atoms with Gasteiger partial charge in [-0.1, -0.05) is 62.9 Å². The van der Waals surface area contributed by atoms with Gasteiger partial charge in [0.05, 0.1) is 19.3 Å². The molecule has 2 rings (SSSR count). The van der Waals surface area contributed by atoms with E-state index >= 15 is 0 Å². The average molecular weight is 334 g/mol. The summed E-state index contributed by atoms with van der Waals surface area (Å²) in [5, 5.41) is 0. The predicted octanol–water partition coefficient (Wildman–Crippen LogP) is 5.33. The largest absolute Gasteiger partial charge is 0.377 e. The Balaban J connectivity index is 1.74. The van der Waals surface area contributed by atoms with Crippen LogP contribution in [0.3, 0.4) is 0 Å². The average Bonchev–Trinajstić information content (AvgIpc) is 2.57. The highest BCUT2D eigenvalue weighted by Gasteiger charge is 2.35. The first-order chi connectivity index (χ1) is 11.6. The molecule has 1 aromatic carbocycles. The summed E-state index contributed by atoms with van der Waals surface area (Å²) in [7, 11) is 0. The van der Waals surface area contributed by atoms with E-state index < -0.39 is 5.79 Å². The lowest BCUT2D eigenvalue weighted by atomic mass is 9.92. The second-order valence-electron chi connectivity index (χ2n) is 7.30. The van der Waals surface area contributed by atoms with E-state index in [0.717, 1.165) is 19.6 Å². The molecule has 0 saturated carbocycles. The Kier molecular flexibility index (Phi) is 8.23. The molecular weight excluding hydrogens is 300 g/mol. The molecule has 0 amide bonds. The lowest BCUT2D eigenvalue weighted by Gasteiger charge is -2.41. The Morgan fingerprint density at radius 2 is 1.88 bits per heavy atom. The van der Waals surface area contributed by atoms with Crippen molar-refractivity contribution in [1.82, 2.24) is 0 Å². The van der Waals surface area contributed by atoms with Crippen LogP contribution in [0.4, 0.5) is 0 Å². The van der Waals surface area contributed by atoms with E-state index in [1.54, 1.807) is 0 Å². The summed E-state index contributed by atoms with van der Waals surface area (Å²) in [5.41, 5.74) is 1.22. The standard InChI is InChI=1S/C21H34O3/c1-4-5-6-10-13-19-17-23-21(2,3)24-20(19)14-15-22-16-18-11-8-7-9-12-18/h7-9,11-12,19-20H,4-6,10,13-17H2,1-3H3/t19-,20+/m1/s1. The Morgan fingerprint density at radius 3 is 2.62 bits per heavy atom. The first-order valence-corrected chi connectivity index (χ1v) is 9.54. The highest BCUT2D eigenvalue weighted by atomic mass is 16.7. The van der Waals surface area contributed by atoms with Gasteiger partial charge in [-0.2, -0.15) is 0 Å². The van der Waals surface area contributed by atoms with Gasteiger partial charge in [-0.15, -0.1) is 0 Å². The molecule has 0 unspecified atom stereocenters. The van der Waals surface area contributed by atoms with Crippen molar-refractivity contribution >= 4 is 0 Å². The number of hydrogen-bond donors (Lipinski definition) is 0. The van der Waals surface area contributed by atoms with E-state index in [1.807, 2.05) is 19.9 Å². The zero-order valence-electron chi connectivity index (χ0n) is 15.6. The molecule has 3 heteroatoms. The molecule has 136 valence electrons. The van der Waals surface area contributed by atoms with Crippen LogP contribution in [0.2, 0.25) is 0 Å². The molecular formula is C21H34O3. The van der Waals surface area contributed by atoms with Crippen molar-refractivity contribution in [1.29, 1.82) is 0 Å². The molecule has 1 heterocycles. The molecule has 1 aliphatic heterocycles. The molecule has 0 aromatic heterocycles. The van der Waals surface area contributed by atoms with Crippen LogP contribution in [0.5, 0.6) is 0 Å². The van der Waals surface area contributed by atoms with Crippen LogP contribution in [0.25, 0.3) is 0 Å². The fourth-order valence-electron chi connectivity index (χ4n) is 3.27. The maximum atomic E-state index is 6.19. The van der Waals surface area contributed by atoms with E-state index in [4.69, 9.17) is 14.2 Å². The molecule has 24 heavy (non-hydrogen) atoms. The van der Waals surface area contributed by atoms with E-state index in [1.165, 1.54) is 37.7 Å².